The summed E-state index contributed by atoms with van der Waals surface area (Å²) in [5, 5.41) is 19.0. The number of aromatic hydroxyl groups is 1. The van der Waals surface area contributed by atoms with Crippen molar-refractivity contribution in [3.8, 4) is 5.75 Å². The molecule has 1 aromatic heterocycles. The van der Waals surface area contributed by atoms with Crippen LogP contribution in [-0.2, 0) is 20.8 Å². The first-order valence-corrected chi connectivity index (χ1v) is 14.7. The lowest BCUT2D eigenvalue weighted by molar-refractivity contribution is -0.117. The molecule has 4 aromatic rings. The van der Waals surface area contributed by atoms with Gasteiger partial charge in [-0.25, -0.2) is 0 Å². The van der Waals surface area contributed by atoms with Crippen LogP contribution in [0, 0.1) is 0 Å². The zero-order chi connectivity index (χ0) is 31.9. The van der Waals surface area contributed by atoms with Gasteiger partial charge in [0.1, 0.15) is 11.5 Å². The normalized spacial score (nSPS) is 10.7. The van der Waals surface area contributed by atoms with Gasteiger partial charge in [-0.3, -0.25) is 4.79 Å². The summed E-state index contributed by atoms with van der Waals surface area (Å²) in [5.41, 5.74) is 3.02. The lowest BCUT2D eigenvalue weighted by Gasteiger charge is -2.19. The molecule has 4 N–H and O–H groups in total. The van der Waals surface area contributed by atoms with Crippen LogP contribution in [0.25, 0.3) is 0 Å². The van der Waals surface area contributed by atoms with E-state index in [0.29, 0.717) is 81.5 Å². The van der Waals surface area contributed by atoms with E-state index in [0.717, 1.165) is 11.3 Å². The van der Waals surface area contributed by atoms with E-state index in [9.17, 15) is 14.7 Å². The molecule has 45 heavy (non-hydrogen) atoms. The van der Waals surface area contributed by atoms with Gasteiger partial charge in [-0.05, 0) is 67.4 Å². The number of phenols is 1. The number of amides is 1. The molecule has 0 fully saturated rings. The predicted octanol–water partition coefficient (Wildman–Crippen LogP) is 4.83. The summed E-state index contributed by atoms with van der Waals surface area (Å²) in [5.74, 6) is 1.16. The van der Waals surface area contributed by atoms with Gasteiger partial charge in [0.05, 0.1) is 19.8 Å². The number of phenolic OH excluding ortho intramolecular Hbond substituents is 1. The van der Waals surface area contributed by atoms with Crippen LogP contribution < -0.4 is 20.9 Å². The quantitative estimate of drug-likeness (QED) is 0.114. The van der Waals surface area contributed by atoms with Crippen LogP contribution in [-0.4, -0.2) is 71.8 Å². The average molecular weight is 614 g/mol. The molecule has 0 unspecified atom stereocenters. The van der Waals surface area contributed by atoms with E-state index < -0.39 is 0 Å². The number of rotatable bonds is 18. The maximum atomic E-state index is 12.6. The van der Waals surface area contributed by atoms with Crippen LogP contribution in [0.1, 0.15) is 35.7 Å². The third-order valence-electron chi connectivity index (χ3n) is 6.58. The second kappa shape index (κ2) is 17.3. The Morgan fingerprint density at radius 2 is 1.51 bits per heavy atom. The Balaban J connectivity index is 1.36. The van der Waals surface area contributed by atoms with E-state index in [1.54, 1.807) is 60.4 Å². The molecule has 0 aliphatic carbocycles. The lowest BCUT2D eigenvalue weighted by atomic mass is 10.2. The van der Waals surface area contributed by atoms with Gasteiger partial charge >= 0.3 is 0 Å². The Bertz CT molecular complexity index is 1500. The number of nitrogens with one attached hydrogen (secondary N) is 3. The zero-order valence-corrected chi connectivity index (χ0v) is 25.5. The maximum absolute atomic E-state index is 12.6. The van der Waals surface area contributed by atoms with E-state index >= 15 is 0 Å². The molecule has 236 valence electrons. The summed E-state index contributed by atoms with van der Waals surface area (Å²) in [6.45, 7) is 4.28. The molecule has 3 aromatic carbocycles. The molecule has 0 bridgehead atoms. The van der Waals surface area contributed by atoms with Crippen molar-refractivity contribution in [2.75, 3.05) is 55.6 Å². The Kier molecular flexibility index (Phi) is 12.6. The molecule has 1 amide bonds. The lowest BCUT2D eigenvalue weighted by Crippen LogP contribution is -2.22. The van der Waals surface area contributed by atoms with Crippen LogP contribution >= 0.6 is 0 Å². The Morgan fingerprint density at radius 1 is 0.822 bits per heavy atom. The zero-order valence-electron chi connectivity index (χ0n) is 25.5. The van der Waals surface area contributed by atoms with Crippen LogP contribution in [0.3, 0.4) is 0 Å². The van der Waals surface area contributed by atoms with E-state index in [4.69, 9.17) is 9.47 Å². The summed E-state index contributed by atoms with van der Waals surface area (Å²) in [6, 6.07) is 23.5. The van der Waals surface area contributed by atoms with Crippen LogP contribution in [0.4, 0.5) is 29.2 Å². The maximum Gasteiger partial charge on any atom is 0.251 e. The third-order valence-corrected chi connectivity index (χ3v) is 6.58. The molecule has 12 nitrogen and oxygen atoms in total. The van der Waals surface area contributed by atoms with Gasteiger partial charge in [0.2, 0.25) is 17.8 Å². The number of hydrogen-bond donors (Lipinski definition) is 4. The van der Waals surface area contributed by atoms with Crippen LogP contribution in [0.5, 0.6) is 5.75 Å². The van der Waals surface area contributed by atoms with E-state index in [2.05, 4.69) is 30.9 Å². The summed E-state index contributed by atoms with van der Waals surface area (Å²) in [7, 11) is 1.82. The molecule has 12 heteroatoms. The van der Waals surface area contributed by atoms with Gasteiger partial charge in [-0.2, -0.15) is 15.0 Å². The fourth-order valence-electron chi connectivity index (χ4n) is 4.14. The monoisotopic (exact) mass is 613 g/mol. The number of nitrogens with zero attached hydrogens (tertiary/aromatic N) is 4. The first-order chi connectivity index (χ1) is 21.9. The number of ketones is 1. The largest absolute Gasteiger partial charge is 0.508 e. The van der Waals surface area contributed by atoms with E-state index in [1.165, 1.54) is 0 Å². The van der Waals surface area contributed by atoms with Crippen molar-refractivity contribution in [3.63, 3.8) is 0 Å². The highest BCUT2D eigenvalue weighted by Crippen LogP contribution is 2.25. The van der Waals surface area contributed by atoms with Crippen molar-refractivity contribution in [2.45, 2.75) is 26.3 Å². The Morgan fingerprint density at radius 3 is 2.22 bits per heavy atom. The minimum atomic E-state index is -0.170. The molecule has 0 radical (unpaired) electrons. The van der Waals surface area contributed by atoms with Crippen molar-refractivity contribution in [1.82, 2.24) is 20.3 Å². The average Bonchev–Trinajstić information content (AvgIpc) is 3.05. The first kappa shape index (κ1) is 32.8. The highest BCUT2D eigenvalue weighted by molar-refractivity contribution is 5.94. The third kappa shape index (κ3) is 11.2. The molecule has 0 saturated heterocycles. The second-order valence-electron chi connectivity index (χ2n) is 10.2. The molecular weight excluding hydrogens is 574 g/mol. The molecule has 1 heterocycles. The van der Waals surface area contributed by atoms with Crippen LogP contribution in [0.15, 0.2) is 78.9 Å². The van der Waals surface area contributed by atoms with Gasteiger partial charge in [-0.15, -0.1) is 0 Å². The molecule has 0 aliphatic rings. The topological polar surface area (TPSA) is 151 Å². The van der Waals surface area contributed by atoms with E-state index in [-0.39, 0.29) is 17.4 Å². The van der Waals surface area contributed by atoms with Crippen LogP contribution in [0.2, 0.25) is 0 Å². The second-order valence-corrected chi connectivity index (χ2v) is 10.2. The highest BCUT2D eigenvalue weighted by Gasteiger charge is 2.13. The predicted molar refractivity (Wildman–Crippen MR) is 173 cm³/mol. The fourth-order valence-corrected chi connectivity index (χ4v) is 4.14. The number of carbonyl (C=O) groups excluding carboxylic acids is 2. The number of Topliss-reactive ketones (excluding diaryl/α,β-unsaturated/α-hetero) is 1. The highest BCUT2D eigenvalue weighted by atomic mass is 16.5. The number of aromatic nitrogens is 3. The number of carbonyl (C=O) groups is 2. The molecule has 0 spiro atoms. The molecule has 0 aliphatic heterocycles. The minimum absolute atomic E-state index is 0.158. The molecule has 4 rings (SSSR count). The standard InChI is InChI=1S/C33H39N7O5/c1-24(41)7-6-19-44-21-22-45-20-18-34-31-37-32(39-33(38-31)40(2)28-14-16-29(42)17-15-28)36-27-12-10-26(11-13-27)30(43)35-23-25-8-4-3-5-9-25/h3-5,8-17,42H,6-7,18-23H2,1-2H3,(H,35,43)(H2,34,36,37,38,39). The minimum Gasteiger partial charge on any atom is -0.508 e. The van der Waals surface area contributed by atoms with Crippen molar-refractivity contribution >= 4 is 40.9 Å². The first-order valence-electron chi connectivity index (χ1n) is 14.7. The van der Waals surface area contributed by atoms with Gasteiger partial charge in [-0.1, -0.05) is 30.3 Å². The van der Waals surface area contributed by atoms with Gasteiger partial charge < -0.3 is 40.2 Å². The number of ether oxygens (including phenoxy) is 2. The summed E-state index contributed by atoms with van der Waals surface area (Å²) in [4.78, 5) is 39.1. The van der Waals surface area contributed by atoms with Gasteiger partial charge in [0, 0.05) is 50.1 Å². The number of anilines is 5. The van der Waals surface area contributed by atoms with E-state index in [1.807, 2.05) is 37.4 Å². The number of hydrogen-bond acceptors (Lipinski definition) is 11. The van der Waals surface area contributed by atoms with Gasteiger partial charge in [0.25, 0.3) is 5.91 Å². The molecule has 0 saturated carbocycles. The summed E-state index contributed by atoms with van der Waals surface area (Å²) in [6.07, 6.45) is 1.23. The molecular formula is C33H39N7O5. The molecule has 0 atom stereocenters. The summed E-state index contributed by atoms with van der Waals surface area (Å²) < 4.78 is 11.1. The Hall–Kier alpha value is -5.07. The summed E-state index contributed by atoms with van der Waals surface area (Å²) >= 11 is 0. The van der Waals surface area contributed by atoms with Crippen molar-refractivity contribution in [1.29, 1.82) is 0 Å². The van der Waals surface area contributed by atoms with Gasteiger partial charge in [0.15, 0.2) is 0 Å². The smallest absolute Gasteiger partial charge is 0.251 e. The van der Waals surface area contributed by atoms with Crippen molar-refractivity contribution < 1.29 is 24.2 Å². The Labute approximate surface area is 262 Å². The number of benzene rings is 3. The van der Waals surface area contributed by atoms with Crippen molar-refractivity contribution in [2.24, 2.45) is 0 Å². The SMILES string of the molecule is CC(=O)CCCOCCOCCNc1nc(Nc2ccc(C(=O)NCc3ccccc3)cc2)nc(N(C)c2ccc(O)cc2)n1. The van der Waals surface area contributed by atoms with Crippen molar-refractivity contribution in [3.05, 3.63) is 90.0 Å². The fraction of sp³-hybridized carbons (Fsp3) is 0.303.